The lowest BCUT2D eigenvalue weighted by Gasteiger charge is -2.23. The van der Waals surface area contributed by atoms with Crippen molar-refractivity contribution in [1.82, 2.24) is 14.9 Å². The van der Waals surface area contributed by atoms with Crippen molar-refractivity contribution in [2.45, 2.75) is 12.5 Å². The summed E-state index contributed by atoms with van der Waals surface area (Å²) in [4.78, 5) is 17.2. The number of carbonyl (C=O) groups excluding carboxylic acids is 1. The summed E-state index contributed by atoms with van der Waals surface area (Å²) in [6.07, 6.45) is 0.339. The highest BCUT2D eigenvalue weighted by molar-refractivity contribution is 5.92. The molecule has 140 valence electrons. The van der Waals surface area contributed by atoms with Crippen molar-refractivity contribution in [1.29, 1.82) is 0 Å². The van der Waals surface area contributed by atoms with E-state index in [4.69, 9.17) is 9.47 Å². The standard InChI is InChI=1S/C20H22N4O3/c1-26-16-8-6-15(7-9-16)24-18-5-3-2-4-17(18)22-20(24)23-19(25)12-14-13-27-11-10-21-14/h2-9,14,21H,10-13H2,1H3,(H,22,23,25). The number of methoxy groups -OCH3 is 1. The predicted octanol–water partition coefficient (Wildman–Crippen LogP) is 2.35. The summed E-state index contributed by atoms with van der Waals surface area (Å²) >= 11 is 0. The number of morpholine rings is 1. The normalized spacial score (nSPS) is 17.0. The van der Waals surface area contributed by atoms with Crippen molar-refractivity contribution in [2.24, 2.45) is 0 Å². The minimum Gasteiger partial charge on any atom is -0.497 e. The quantitative estimate of drug-likeness (QED) is 0.725. The zero-order valence-corrected chi connectivity index (χ0v) is 15.1. The lowest BCUT2D eigenvalue weighted by Crippen LogP contribution is -2.43. The molecule has 4 rings (SSSR count). The number of imidazole rings is 1. The third kappa shape index (κ3) is 3.79. The van der Waals surface area contributed by atoms with Gasteiger partial charge in [0.15, 0.2) is 0 Å². The Kier molecular flexibility index (Phi) is 5.04. The average Bonchev–Trinajstić information content (AvgIpc) is 3.06. The van der Waals surface area contributed by atoms with Crippen molar-refractivity contribution in [3.05, 3.63) is 48.5 Å². The van der Waals surface area contributed by atoms with Crippen LogP contribution in [0.3, 0.4) is 0 Å². The molecule has 1 fully saturated rings. The molecule has 0 radical (unpaired) electrons. The molecule has 7 nitrogen and oxygen atoms in total. The van der Waals surface area contributed by atoms with Crippen LogP contribution in [0.2, 0.25) is 0 Å². The number of aromatic nitrogens is 2. The van der Waals surface area contributed by atoms with Crippen LogP contribution in [-0.2, 0) is 9.53 Å². The van der Waals surface area contributed by atoms with Crippen LogP contribution in [-0.4, -0.2) is 48.4 Å². The van der Waals surface area contributed by atoms with Crippen molar-refractivity contribution < 1.29 is 14.3 Å². The van der Waals surface area contributed by atoms with Gasteiger partial charge in [-0.15, -0.1) is 0 Å². The molecule has 0 saturated carbocycles. The van der Waals surface area contributed by atoms with E-state index in [1.54, 1.807) is 7.11 Å². The Bertz CT molecular complexity index is 930. The molecule has 0 aliphatic carbocycles. The summed E-state index contributed by atoms with van der Waals surface area (Å²) in [6, 6.07) is 15.5. The van der Waals surface area contributed by atoms with E-state index in [-0.39, 0.29) is 11.9 Å². The molecule has 1 amide bonds. The van der Waals surface area contributed by atoms with Crippen molar-refractivity contribution in [3.8, 4) is 11.4 Å². The van der Waals surface area contributed by atoms with Gasteiger partial charge in [0, 0.05) is 24.7 Å². The zero-order valence-electron chi connectivity index (χ0n) is 15.1. The zero-order chi connectivity index (χ0) is 18.6. The Hall–Kier alpha value is -2.90. The second-order valence-electron chi connectivity index (χ2n) is 6.44. The summed E-state index contributed by atoms with van der Waals surface area (Å²) in [7, 11) is 1.64. The predicted molar refractivity (Wildman–Crippen MR) is 103 cm³/mol. The number of nitrogens with zero attached hydrogens (tertiary/aromatic N) is 2. The fraction of sp³-hybridized carbons (Fsp3) is 0.300. The van der Waals surface area contributed by atoms with Crippen LogP contribution in [0.15, 0.2) is 48.5 Å². The maximum atomic E-state index is 12.6. The molecular formula is C20H22N4O3. The molecule has 2 aromatic carbocycles. The maximum absolute atomic E-state index is 12.6. The SMILES string of the molecule is COc1ccc(-n2c(NC(=O)CC3COCCN3)nc3ccccc32)cc1. The van der Waals surface area contributed by atoms with E-state index < -0.39 is 0 Å². The Morgan fingerprint density at radius 1 is 1.30 bits per heavy atom. The van der Waals surface area contributed by atoms with E-state index in [1.165, 1.54) is 0 Å². The highest BCUT2D eigenvalue weighted by Crippen LogP contribution is 2.26. The molecule has 1 aromatic heterocycles. The van der Waals surface area contributed by atoms with Crippen LogP contribution >= 0.6 is 0 Å². The highest BCUT2D eigenvalue weighted by Gasteiger charge is 2.19. The summed E-state index contributed by atoms with van der Waals surface area (Å²) in [5, 5.41) is 6.25. The largest absolute Gasteiger partial charge is 0.497 e. The van der Waals surface area contributed by atoms with Gasteiger partial charge in [-0.05, 0) is 36.4 Å². The van der Waals surface area contributed by atoms with E-state index in [1.807, 2.05) is 53.1 Å². The van der Waals surface area contributed by atoms with Crippen LogP contribution in [0, 0.1) is 0 Å². The molecule has 1 aliphatic rings. The van der Waals surface area contributed by atoms with E-state index in [9.17, 15) is 4.79 Å². The van der Waals surface area contributed by atoms with Crippen LogP contribution in [0.5, 0.6) is 5.75 Å². The van der Waals surface area contributed by atoms with E-state index in [0.717, 1.165) is 29.0 Å². The van der Waals surface area contributed by atoms with Crippen molar-refractivity contribution in [3.63, 3.8) is 0 Å². The van der Waals surface area contributed by atoms with Crippen LogP contribution in [0.1, 0.15) is 6.42 Å². The van der Waals surface area contributed by atoms with Gasteiger partial charge in [0.1, 0.15) is 5.75 Å². The van der Waals surface area contributed by atoms with E-state index in [0.29, 0.717) is 25.6 Å². The number of ether oxygens (including phenoxy) is 2. The second-order valence-corrected chi connectivity index (χ2v) is 6.44. The Balaban J connectivity index is 1.64. The highest BCUT2D eigenvalue weighted by atomic mass is 16.5. The summed E-state index contributed by atoms with van der Waals surface area (Å²) in [6.45, 7) is 2.00. The minimum absolute atomic E-state index is 0.0255. The summed E-state index contributed by atoms with van der Waals surface area (Å²) in [5.41, 5.74) is 2.65. The number of fused-ring (bicyclic) bond motifs is 1. The lowest BCUT2D eigenvalue weighted by atomic mass is 10.2. The molecule has 27 heavy (non-hydrogen) atoms. The number of rotatable bonds is 5. The molecule has 3 aromatic rings. The fourth-order valence-electron chi connectivity index (χ4n) is 3.25. The molecule has 7 heteroatoms. The Morgan fingerprint density at radius 3 is 2.85 bits per heavy atom. The monoisotopic (exact) mass is 366 g/mol. The number of para-hydroxylation sites is 2. The van der Waals surface area contributed by atoms with Gasteiger partial charge in [0.05, 0.1) is 31.4 Å². The molecule has 2 N–H and O–H groups in total. The molecule has 1 atom stereocenters. The first-order valence-corrected chi connectivity index (χ1v) is 8.97. The van der Waals surface area contributed by atoms with Crippen LogP contribution < -0.4 is 15.4 Å². The molecule has 1 saturated heterocycles. The second kappa shape index (κ2) is 7.77. The number of carbonyl (C=O) groups is 1. The first-order valence-electron chi connectivity index (χ1n) is 8.97. The number of anilines is 1. The lowest BCUT2D eigenvalue weighted by molar-refractivity contribution is -0.117. The number of amides is 1. The molecule has 2 heterocycles. The summed E-state index contributed by atoms with van der Waals surface area (Å²) in [5.74, 6) is 1.18. The number of hydrogen-bond acceptors (Lipinski definition) is 5. The van der Waals surface area contributed by atoms with Gasteiger partial charge >= 0.3 is 0 Å². The third-order valence-electron chi connectivity index (χ3n) is 4.57. The van der Waals surface area contributed by atoms with Gasteiger partial charge in [-0.25, -0.2) is 4.98 Å². The average molecular weight is 366 g/mol. The first kappa shape index (κ1) is 17.5. The van der Waals surface area contributed by atoms with Crippen LogP contribution in [0.25, 0.3) is 16.7 Å². The van der Waals surface area contributed by atoms with Gasteiger partial charge in [0.2, 0.25) is 11.9 Å². The van der Waals surface area contributed by atoms with Gasteiger partial charge in [0.25, 0.3) is 0 Å². The van der Waals surface area contributed by atoms with Crippen molar-refractivity contribution in [2.75, 3.05) is 32.2 Å². The van der Waals surface area contributed by atoms with E-state index in [2.05, 4.69) is 15.6 Å². The molecule has 1 unspecified atom stereocenters. The van der Waals surface area contributed by atoms with Crippen molar-refractivity contribution >= 4 is 22.9 Å². The van der Waals surface area contributed by atoms with Gasteiger partial charge in [-0.1, -0.05) is 12.1 Å². The fourth-order valence-corrected chi connectivity index (χ4v) is 3.25. The Morgan fingerprint density at radius 2 is 2.11 bits per heavy atom. The third-order valence-corrected chi connectivity index (χ3v) is 4.57. The Labute approximate surface area is 157 Å². The number of nitrogens with one attached hydrogen (secondary N) is 2. The summed E-state index contributed by atoms with van der Waals surface area (Å²) < 4.78 is 12.6. The topological polar surface area (TPSA) is 77.4 Å². The molecule has 0 spiro atoms. The minimum atomic E-state index is -0.0944. The van der Waals surface area contributed by atoms with E-state index >= 15 is 0 Å². The maximum Gasteiger partial charge on any atom is 0.228 e. The smallest absolute Gasteiger partial charge is 0.228 e. The van der Waals surface area contributed by atoms with Crippen LogP contribution in [0.4, 0.5) is 5.95 Å². The molecule has 0 bridgehead atoms. The number of benzene rings is 2. The first-order chi connectivity index (χ1) is 13.2. The molecular weight excluding hydrogens is 344 g/mol. The molecule has 1 aliphatic heterocycles. The van der Waals surface area contributed by atoms with Gasteiger partial charge in [-0.2, -0.15) is 0 Å². The van der Waals surface area contributed by atoms with Gasteiger partial charge in [-0.3, -0.25) is 14.7 Å². The van der Waals surface area contributed by atoms with Gasteiger partial charge < -0.3 is 14.8 Å². The number of hydrogen-bond donors (Lipinski definition) is 2.